The lowest BCUT2D eigenvalue weighted by atomic mass is 10.4. The smallest absolute Gasteiger partial charge is 0.292 e. The van der Waals surface area contributed by atoms with Crippen molar-refractivity contribution in [3.05, 3.63) is 12.0 Å². The third-order valence-corrected chi connectivity index (χ3v) is 1.40. The second-order valence-corrected chi connectivity index (χ2v) is 2.27. The van der Waals surface area contributed by atoms with Gasteiger partial charge in [-0.3, -0.25) is 0 Å². The Hall–Kier alpha value is -1.07. The molecule has 0 aliphatic carbocycles. The Morgan fingerprint density at radius 1 is 1.55 bits per heavy atom. The van der Waals surface area contributed by atoms with Crippen molar-refractivity contribution in [1.82, 2.24) is 4.98 Å². The summed E-state index contributed by atoms with van der Waals surface area (Å²) in [6.07, 6.45) is 0.910. The Morgan fingerprint density at radius 2 is 2.27 bits per heavy atom. The minimum atomic E-state index is -0.421. The molecule has 60 valence electrons. The number of rotatable bonds is 1. The van der Waals surface area contributed by atoms with Crippen LogP contribution in [0, 0.1) is 0 Å². The van der Waals surface area contributed by atoms with E-state index in [9.17, 15) is 0 Å². The fourth-order valence-corrected chi connectivity index (χ4v) is 0.902. The van der Waals surface area contributed by atoms with E-state index in [4.69, 9.17) is 19.6 Å². The van der Waals surface area contributed by atoms with Gasteiger partial charge in [-0.25, -0.2) is 4.98 Å². The molecule has 1 fully saturated rings. The molecule has 2 N–H and O–H groups in total. The van der Waals surface area contributed by atoms with Crippen LogP contribution in [0.2, 0.25) is 0 Å². The molecule has 0 radical (unpaired) electrons. The van der Waals surface area contributed by atoms with Crippen LogP contribution in [0.15, 0.2) is 10.6 Å². The van der Waals surface area contributed by atoms with E-state index in [1.165, 1.54) is 6.20 Å². The average Bonchev–Trinajstić information content (AvgIpc) is 2.29. The van der Waals surface area contributed by atoms with E-state index in [1.807, 2.05) is 0 Å². The molecule has 0 spiro atoms. The van der Waals surface area contributed by atoms with Crippen molar-refractivity contribution in [2.75, 3.05) is 5.73 Å². The Labute approximate surface area is 63.1 Å². The van der Waals surface area contributed by atoms with E-state index >= 15 is 0 Å². The number of hydrogen-bond donors (Lipinski definition) is 1. The minimum absolute atomic E-state index is 0.131. The van der Waals surface area contributed by atoms with Crippen LogP contribution < -0.4 is 5.73 Å². The monoisotopic (exact) mass is 156 g/mol. The summed E-state index contributed by atoms with van der Waals surface area (Å²) in [6.45, 7) is 1.80. The van der Waals surface area contributed by atoms with Crippen LogP contribution in [-0.4, -0.2) is 11.3 Å². The van der Waals surface area contributed by atoms with Crippen molar-refractivity contribution < 1.29 is 13.9 Å². The Bertz CT molecular complexity index is 254. The molecule has 0 unspecified atom stereocenters. The van der Waals surface area contributed by atoms with E-state index < -0.39 is 6.29 Å². The van der Waals surface area contributed by atoms with Crippen LogP contribution in [0.4, 0.5) is 6.01 Å². The molecule has 11 heavy (non-hydrogen) atoms. The molecule has 0 bridgehead atoms. The van der Waals surface area contributed by atoms with Gasteiger partial charge in [-0.2, -0.15) is 0 Å². The summed E-state index contributed by atoms with van der Waals surface area (Å²) in [5, 5.41) is 0. The Morgan fingerprint density at radius 3 is 2.73 bits per heavy atom. The maximum atomic E-state index is 5.24. The van der Waals surface area contributed by atoms with E-state index in [0.29, 0.717) is 5.76 Å². The first-order valence-corrected chi connectivity index (χ1v) is 3.28. The number of nitrogen functional groups attached to an aromatic ring is 1. The molecule has 2 rings (SSSR count). The number of anilines is 1. The van der Waals surface area contributed by atoms with Crippen molar-refractivity contribution in [3.63, 3.8) is 0 Å². The lowest BCUT2D eigenvalue weighted by molar-refractivity contribution is -0.387. The fraction of sp³-hybridized carbons (Fsp3) is 0.500. The average molecular weight is 156 g/mol. The lowest BCUT2D eigenvalue weighted by Crippen LogP contribution is -2.31. The third-order valence-electron chi connectivity index (χ3n) is 1.40. The zero-order valence-electron chi connectivity index (χ0n) is 5.98. The van der Waals surface area contributed by atoms with E-state index in [2.05, 4.69) is 4.98 Å². The highest BCUT2D eigenvalue weighted by atomic mass is 16.9. The van der Waals surface area contributed by atoms with Gasteiger partial charge in [-0.1, -0.05) is 0 Å². The first-order valence-electron chi connectivity index (χ1n) is 3.28. The maximum Gasteiger partial charge on any atom is 0.292 e. The highest BCUT2D eigenvalue weighted by molar-refractivity contribution is 5.12. The van der Waals surface area contributed by atoms with Gasteiger partial charge in [0, 0.05) is 0 Å². The summed E-state index contributed by atoms with van der Waals surface area (Å²) < 4.78 is 15.2. The van der Waals surface area contributed by atoms with Crippen molar-refractivity contribution in [1.29, 1.82) is 0 Å². The molecule has 0 saturated carbocycles. The number of nitrogens with two attached hydrogens (primary N) is 1. The Balaban J connectivity index is 2.07. The quantitative estimate of drug-likeness (QED) is 0.646. The van der Waals surface area contributed by atoms with Crippen molar-refractivity contribution >= 4 is 6.01 Å². The van der Waals surface area contributed by atoms with Crippen LogP contribution in [0.25, 0.3) is 0 Å². The van der Waals surface area contributed by atoms with E-state index in [0.717, 1.165) is 0 Å². The highest BCUT2D eigenvalue weighted by Gasteiger charge is 2.31. The fourth-order valence-electron chi connectivity index (χ4n) is 0.902. The second-order valence-electron chi connectivity index (χ2n) is 2.27. The normalized spacial score (nSPS) is 29.9. The molecule has 1 aliphatic rings. The zero-order chi connectivity index (χ0) is 7.84. The summed E-state index contributed by atoms with van der Waals surface area (Å²) in [5.41, 5.74) is 5.24. The van der Waals surface area contributed by atoms with Crippen molar-refractivity contribution in [3.8, 4) is 0 Å². The summed E-state index contributed by atoms with van der Waals surface area (Å²) >= 11 is 0. The molecular weight excluding hydrogens is 148 g/mol. The molecule has 2 heterocycles. The SMILES string of the molecule is CC1OC(c2cnc(N)o2)O1. The van der Waals surface area contributed by atoms with E-state index in [1.54, 1.807) is 6.92 Å². The first kappa shape index (κ1) is 6.63. The van der Waals surface area contributed by atoms with Gasteiger partial charge in [0.2, 0.25) is 6.29 Å². The van der Waals surface area contributed by atoms with Gasteiger partial charge in [0.15, 0.2) is 12.1 Å². The number of hydrogen-bond acceptors (Lipinski definition) is 5. The molecule has 0 amide bonds. The van der Waals surface area contributed by atoms with Gasteiger partial charge in [-0.05, 0) is 6.92 Å². The molecule has 1 aromatic heterocycles. The molecule has 1 aromatic rings. The van der Waals surface area contributed by atoms with Crippen molar-refractivity contribution in [2.24, 2.45) is 0 Å². The molecule has 1 aliphatic heterocycles. The van der Waals surface area contributed by atoms with Crippen LogP contribution in [0.1, 0.15) is 19.0 Å². The topological polar surface area (TPSA) is 70.5 Å². The van der Waals surface area contributed by atoms with Gasteiger partial charge < -0.3 is 19.6 Å². The summed E-state index contributed by atoms with van der Waals surface area (Å²) in [7, 11) is 0. The van der Waals surface area contributed by atoms with Gasteiger partial charge in [0.05, 0.1) is 6.20 Å². The zero-order valence-corrected chi connectivity index (χ0v) is 5.98. The van der Waals surface area contributed by atoms with Crippen molar-refractivity contribution in [2.45, 2.75) is 19.5 Å². The van der Waals surface area contributed by atoms with Crippen LogP contribution in [0.3, 0.4) is 0 Å². The lowest BCUT2D eigenvalue weighted by Gasteiger charge is -2.31. The van der Waals surface area contributed by atoms with Crippen LogP contribution >= 0.6 is 0 Å². The summed E-state index contributed by atoms with van der Waals surface area (Å²) in [4.78, 5) is 3.70. The predicted molar refractivity (Wildman–Crippen MR) is 35.3 cm³/mol. The largest absolute Gasteiger partial charge is 0.423 e. The molecular formula is C6H8N2O3. The molecule has 0 aromatic carbocycles. The minimum Gasteiger partial charge on any atom is -0.423 e. The van der Waals surface area contributed by atoms with Gasteiger partial charge in [0.1, 0.15) is 0 Å². The Kier molecular flexibility index (Phi) is 1.33. The number of aromatic nitrogens is 1. The molecule has 1 saturated heterocycles. The predicted octanol–water partition coefficient (Wildman–Crippen LogP) is 0.648. The third kappa shape index (κ3) is 1.08. The molecule has 5 heteroatoms. The summed E-state index contributed by atoms with van der Waals surface area (Å²) in [5.74, 6) is 0.514. The first-order chi connectivity index (χ1) is 5.25. The standard InChI is InChI=1S/C6H8N2O3/c1-3-9-5(10-3)4-2-8-6(7)11-4/h2-3,5H,1H3,(H2,7,8). The number of nitrogens with zero attached hydrogens (tertiary/aromatic N) is 1. The van der Waals surface area contributed by atoms with Crippen LogP contribution in [-0.2, 0) is 9.47 Å². The summed E-state index contributed by atoms with van der Waals surface area (Å²) in [6, 6.07) is 0.131. The van der Waals surface area contributed by atoms with Gasteiger partial charge in [-0.15, -0.1) is 0 Å². The van der Waals surface area contributed by atoms with E-state index in [-0.39, 0.29) is 12.3 Å². The highest BCUT2D eigenvalue weighted by Crippen LogP contribution is 2.31. The van der Waals surface area contributed by atoms with Gasteiger partial charge in [0.25, 0.3) is 6.01 Å². The maximum absolute atomic E-state index is 5.24. The number of ether oxygens (including phenoxy) is 2. The number of oxazole rings is 1. The van der Waals surface area contributed by atoms with Crippen LogP contribution in [0.5, 0.6) is 0 Å². The van der Waals surface area contributed by atoms with Gasteiger partial charge >= 0.3 is 0 Å². The second kappa shape index (κ2) is 2.21. The molecule has 0 atom stereocenters. The molecule has 5 nitrogen and oxygen atoms in total.